The SMILES string of the molecule is CC(CCNCC(N)C(=O)O)S(C)=O. The summed E-state index contributed by atoms with van der Waals surface area (Å²) >= 11 is 0. The van der Waals surface area contributed by atoms with Gasteiger partial charge >= 0.3 is 5.97 Å². The lowest BCUT2D eigenvalue weighted by molar-refractivity contribution is -0.138. The van der Waals surface area contributed by atoms with E-state index >= 15 is 0 Å². The van der Waals surface area contributed by atoms with Gasteiger partial charge in [-0.25, -0.2) is 0 Å². The first-order valence-corrected chi connectivity index (χ1v) is 6.08. The lowest BCUT2D eigenvalue weighted by Gasteiger charge is -2.10. The van der Waals surface area contributed by atoms with Crippen LogP contribution >= 0.6 is 0 Å². The van der Waals surface area contributed by atoms with Gasteiger partial charge in [0.15, 0.2) is 0 Å². The Morgan fingerprint density at radius 2 is 2.21 bits per heavy atom. The molecule has 0 aliphatic heterocycles. The number of aliphatic carboxylic acids is 1. The quantitative estimate of drug-likeness (QED) is 0.488. The van der Waals surface area contributed by atoms with Crippen molar-refractivity contribution in [2.45, 2.75) is 24.6 Å². The third-order valence-electron chi connectivity index (χ3n) is 1.98. The molecule has 14 heavy (non-hydrogen) atoms. The Morgan fingerprint density at radius 1 is 1.64 bits per heavy atom. The summed E-state index contributed by atoms with van der Waals surface area (Å²) in [4.78, 5) is 10.3. The Bertz CT molecular complexity index is 189. The molecule has 0 aromatic heterocycles. The zero-order valence-electron chi connectivity index (χ0n) is 8.53. The van der Waals surface area contributed by atoms with Crippen molar-refractivity contribution in [3.8, 4) is 0 Å². The molecule has 0 aliphatic carbocycles. The Morgan fingerprint density at radius 3 is 2.64 bits per heavy atom. The summed E-state index contributed by atoms with van der Waals surface area (Å²) in [5.74, 6) is -1.01. The molecule has 0 aromatic carbocycles. The van der Waals surface area contributed by atoms with E-state index in [1.165, 1.54) is 0 Å². The van der Waals surface area contributed by atoms with Gasteiger partial charge in [-0.15, -0.1) is 0 Å². The van der Waals surface area contributed by atoms with Crippen molar-refractivity contribution < 1.29 is 14.1 Å². The highest BCUT2D eigenvalue weighted by Crippen LogP contribution is 1.96. The van der Waals surface area contributed by atoms with Gasteiger partial charge in [-0.2, -0.15) is 0 Å². The molecule has 0 aliphatic rings. The van der Waals surface area contributed by atoms with Gasteiger partial charge in [0, 0.05) is 28.9 Å². The largest absolute Gasteiger partial charge is 0.480 e. The fraction of sp³-hybridized carbons (Fsp3) is 0.875. The van der Waals surface area contributed by atoms with Crippen LogP contribution in [0.1, 0.15) is 13.3 Å². The Kier molecular flexibility index (Phi) is 6.69. The molecule has 6 heteroatoms. The van der Waals surface area contributed by atoms with Crippen molar-refractivity contribution in [3.63, 3.8) is 0 Å². The number of hydrogen-bond donors (Lipinski definition) is 3. The van der Waals surface area contributed by atoms with Gasteiger partial charge in [-0.3, -0.25) is 9.00 Å². The van der Waals surface area contributed by atoms with Crippen LogP contribution in [0.3, 0.4) is 0 Å². The Labute approximate surface area is 86.5 Å². The van der Waals surface area contributed by atoms with E-state index in [1.807, 2.05) is 6.92 Å². The van der Waals surface area contributed by atoms with E-state index in [1.54, 1.807) is 6.26 Å². The van der Waals surface area contributed by atoms with Crippen molar-refractivity contribution in [2.75, 3.05) is 19.3 Å². The maximum atomic E-state index is 10.9. The molecular formula is C8H18N2O3S. The van der Waals surface area contributed by atoms with Crippen molar-refractivity contribution in [3.05, 3.63) is 0 Å². The minimum absolute atomic E-state index is 0.128. The summed E-state index contributed by atoms with van der Waals surface area (Å²) in [5, 5.41) is 11.5. The van der Waals surface area contributed by atoms with Gasteiger partial charge in [0.1, 0.15) is 6.04 Å². The zero-order valence-corrected chi connectivity index (χ0v) is 9.34. The molecule has 0 bridgehead atoms. The average Bonchev–Trinajstić information content (AvgIpc) is 2.11. The van der Waals surface area contributed by atoms with Crippen LogP contribution < -0.4 is 11.1 Å². The van der Waals surface area contributed by atoms with Crippen molar-refractivity contribution >= 4 is 16.8 Å². The second-order valence-corrected chi connectivity index (χ2v) is 5.05. The van der Waals surface area contributed by atoms with E-state index in [4.69, 9.17) is 10.8 Å². The molecule has 0 saturated heterocycles. The van der Waals surface area contributed by atoms with Crippen molar-refractivity contribution in [1.29, 1.82) is 0 Å². The molecule has 0 amide bonds. The van der Waals surface area contributed by atoms with E-state index in [9.17, 15) is 9.00 Å². The smallest absolute Gasteiger partial charge is 0.321 e. The number of rotatable bonds is 7. The molecule has 0 aromatic rings. The molecule has 0 rings (SSSR count). The molecule has 3 unspecified atom stereocenters. The molecule has 84 valence electrons. The predicted molar refractivity (Wildman–Crippen MR) is 56.6 cm³/mol. The first kappa shape index (κ1) is 13.5. The van der Waals surface area contributed by atoms with Gasteiger partial charge in [-0.05, 0) is 13.0 Å². The minimum atomic E-state index is -1.01. The normalized spacial score (nSPS) is 17.4. The fourth-order valence-electron chi connectivity index (χ4n) is 0.816. The second kappa shape index (κ2) is 6.92. The number of hydrogen-bond acceptors (Lipinski definition) is 4. The second-order valence-electron chi connectivity index (χ2n) is 3.25. The van der Waals surface area contributed by atoms with E-state index in [0.29, 0.717) is 6.54 Å². The summed E-state index contributed by atoms with van der Waals surface area (Å²) in [6.45, 7) is 2.79. The molecule has 0 heterocycles. The van der Waals surface area contributed by atoms with Crippen LogP contribution in [-0.2, 0) is 15.6 Å². The number of carbonyl (C=O) groups is 1. The number of nitrogens with one attached hydrogen (secondary N) is 1. The van der Waals surface area contributed by atoms with Crippen molar-refractivity contribution in [1.82, 2.24) is 5.32 Å². The molecule has 4 N–H and O–H groups in total. The lowest BCUT2D eigenvalue weighted by Crippen LogP contribution is -2.41. The van der Waals surface area contributed by atoms with Crippen LogP contribution in [0.15, 0.2) is 0 Å². The van der Waals surface area contributed by atoms with Gasteiger partial charge < -0.3 is 16.2 Å². The average molecular weight is 222 g/mol. The third kappa shape index (κ3) is 6.06. The minimum Gasteiger partial charge on any atom is -0.480 e. The summed E-state index contributed by atoms with van der Waals surface area (Å²) in [7, 11) is -0.821. The Hall–Kier alpha value is -0.460. The number of carboxylic acids is 1. The van der Waals surface area contributed by atoms with Gasteiger partial charge in [-0.1, -0.05) is 6.92 Å². The Balaban J connectivity index is 3.47. The number of carboxylic acid groups (broad SMARTS) is 1. The molecule has 5 nitrogen and oxygen atoms in total. The van der Waals surface area contributed by atoms with E-state index < -0.39 is 22.8 Å². The monoisotopic (exact) mass is 222 g/mol. The lowest BCUT2D eigenvalue weighted by atomic mass is 10.3. The van der Waals surface area contributed by atoms with Crippen molar-refractivity contribution in [2.24, 2.45) is 5.73 Å². The first-order valence-electron chi connectivity index (χ1n) is 4.46. The molecule has 0 saturated carbocycles. The number of nitrogens with two attached hydrogens (primary N) is 1. The zero-order chi connectivity index (χ0) is 11.1. The van der Waals surface area contributed by atoms with Gasteiger partial charge in [0.2, 0.25) is 0 Å². The van der Waals surface area contributed by atoms with Gasteiger partial charge in [0.25, 0.3) is 0 Å². The first-order chi connectivity index (χ1) is 6.45. The molecule has 0 fully saturated rings. The summed E-state index contributed by atoms with van der Waals surface area (Å²) in [6.07, 6.45) is 2.42. The summed E-state index contributed by atoms with van der Waals surface area (Å²) in [6, 6.07) is -0.863. The van der Waals surface area contributed by atoms with Crippen LogP contribution in [0.4, 0.5) is 0 Å². The molecule has 0 radical (unpaired) electrons. The third-order valence-corrected chi connectivity index (χ3v) is 3.34. The maximum Gasteiger partial charge on any atom is 0.321 e. The summed E-state index contributed by atoms with van der Waals surface area (Å²) in [5.41, 5.74) is 5.27. The van der Waals surface area contributed by atoms with E-state index in [0.717, 1.165) is 6.42 Å². The molecule has 3 atom stereocenters. The highest BCUT2D eigenvalue weighted by Gasteiger charge is 2.10. The van der Waals surface area contributed by atoms with Crippen LogP contribution in [0, 0.1) is 0 Å². The topological polar surface area (TPSA) is 92.4 Å². The standard InChI is InChI=1S/C8H18N2O3S/c1-6(14(2)13)3-4-10-5-7(9)8(11)12/h6-7,10H,3-5,9H2,1-2H3,(H,11,12). The molecule has 0 spiro atoms. The van der Waals surface area contributed by atoms with Crippen LogP contribution in [0.2, 0.25) is 0 Å². The fourth-order valence-corrected chi connectivity index (χ4v) is 1.27. The molecular weight excluding hydrogens is 204 g/mol. The highest BCUT2D eigenvalue weighted by atomic mass is 32.2. The van der Waals surface area contributed by atoms with Crippen LogP contribution in [0.5, 0.6) is 0 Å². The predicted octanol–water partition coefficient (Wildman–Crippen LogP) is -0.855. The van der Waals surface area contributed by atoms with E-state index in [-0.39, 0.29) is 11.8 Å². The van der Waals surface area contributed by atoms with Gasteiger partial charge in [0.05, 0.1) is 0 Å². The van der Waals surface area contributed by atoms with E-state index in [2.05, 4.69) is 5.32 Å². The van der Waals surface area contributed by atoms with Crippen LogP contribution in [0.25, 0.3) is 0 Å². The highest BCUT2D eigenvalue weighted by molar-refractivity contribution is 7.84. The van der Waals surface area contributed by atoms with Crippen LogP contribution in [-0.4, -0.2) is 45.9 Å². The summed E-state index contributed by atoms with van der Waals surface area (Å²) < 4.78 is 10.9. The maximum absolute atomic E-state index is 10.9.